The van der Waals surface area contributed by atoms with Gasteiger partial charge in [0.05, 0.1) is 6.04 Å². The van der Waals surface area contributed by atoms with Crippen molar-refractivity contribution in [3.05, 3.63) is 24.0 Å². The van der Waals surface area contributed by atoms with Gasteiger partial charge in [0.15, 0.2) is 0 Å². The van der Waals surface area contributed by atoms with Gasteiger partial charge in [0.1, 0.15) is 5.69 Å². The first-order valence-corrected chi connectivity index (χ1v) is 8.18. The minimum Gasteiger partial charge on any atom is -0.357 e. The van der Waals surface area contributed by atoms with Gasteiger partial charge in [-0.25, -0.2) is 0 Å². The number of carbonyl (C=O) groups is 2. The Morgan fingerprint density at radius 2 is 2.17 bits per heavy atom. The van der Waals surface area contributed by atoms with Crippen molar-refractivity contribution in [2.45, 2.75) is 31.7 Å². The number of hydrogen-bond donors (Lipinski definition) is 3. The predicted molar refractivity (Wildman–Crippen MR) is 90.7 cm³/mol. The lowest BCUT2D eigenvalue weighted by atomic mass is 9.97. The molecule has 1 aromatic rings. The van der Waals surface area contributed by atoms with Crippen LogP contribution in [0.25, 0.3) is 0 Å². The maximum absolute atomic E-state index is 12.4. The molecule has 2 atom stereocenters. The van der Waals surface area contributed by atoms with E-state index < -0.39 is 0 Å². The van der Waals surface area contributed by atoms with E-state index in [-0.39, 0.29) is 30.3 Å². The van der Waals surface area contributed by atoms with Crippen LogP contribution in [0.3, 0.4) is 0 Å². The van der Waals surface area contributed by atoms with Gasteiger partial charge in [-0.1, -0.05) is 0 Å². The molecule has 0 spiro atoms. The highest BCUT2D eigenvalue weighted by atomic mass is 35.5. The Morgan fingerprint density at radius 3 is 2.87 bits per heavy atom. The highest BCUT2D eigenvalue weighted by Crippen LogP contribution is 2.18. The van der Waals surface area contributed by atoms with Crippen LogP contribution in [0.5, 0.6) is 0 Å². The van der Waals surface area contributed by atoms with Crippen molar-refractivity contribution in [3.63, 3.8) is 0 Å². The number of aromatic amines is 1. The van der Waals surface area contributed by atoms with Crippen LogP contribution in [0.15, 0.2) is 18.3 Å². The number of nitrogens with one attached hydrogen (secondary N) is 3. The standard InChI is InChI=1S/C16H24N4O2.ClH/c21-15(13-5-1-7-17-13)19-10-12-4-3-9-20(11-12)16(22)14-6-2-8-18-14;/h2,6,8,12-13,17-18H,1,3-5,7,9-11H2,(H,19,21);1H. The Balaban J connectivity index is 0.00000192. The number of amides is 2. The lowest BCUT2D eigenvalue weighted by Gasteiger charge is -2.32. The van der Waals surface area contributed by atoms with E-state index in [2.05, 4.69) is 15.6 Å². The molecule has 7 heteroatoms. The largest absolute Gasteiger partial charge is 0.357 e. The van der Waals surface area contributed by atoms with Gasteiger partial charge in [0.25, 0.3) is 5.91 Å². The van der Waals surface area contributed by atoms with Crippen LogP contribution in [-0.4, -0.2) is 53.9 Å². The smallest absolute Gasteiger partial charge is 0.270 e. The van der Waals surface area contributed by atoms with E-state index in [1.54, 1.807) is 12.3 Å². The third kappa shape index (κ3) is 4.48. The van der Waals surface area contributed by atoms with E-state index in [4.69, 9.17) is 0 Å². The van der Waals surface area contributed by atoms with Crippen molar-refractivity contribution in [2.24, 2.45) is 5.92 Å². The number of halogens is 1. The molecule has 23 heavy (non-hydrogen) atoms. The highest BCUT2D eigenvalue weighted by Gasteiger charge is 2.27. The quantitative estimate of drug-likeness (QED) is 0.769. The number of likely N-dealkylation sites (tertiary alicyclic amines) is 1. The van der Waals surface area contributed by atoms with Gasteiger partial charge in [0, 0.05) is 25.8 Å². The molecule has 2 aliphatic rings. The lowest BCUT2D eigenvalue weighted by Crippen LogP contribution is -2.46. The first kappa shape index (κ1) is 17.8. The molecule has 3 N–H and O–H groups in total. The number of hydrogen-bond acceptors (Lipinski definition) is 3. The van der Waals surface area contributed by atoms with Crippen molar-refractivity contribution < 1.29 is 9.59 Å². The fraction of sp³-hybridized carbons (Fsp3) is 0.625. The normalized spacial score (nSPS) is 24.1. The fourth-order valence-electron chi connectivity index (χ4n) is 3.33. The average Bonchev–Trinajstić information content (AvgIpc) is 3.25. The molecule has 2 unspecified atom stereocenters. The first-order valence-electron chi connectivity index (χ1n) is 8.18. The molecule has 2 amide bonds. The van der Waals surface area contributed by atoms with Crippen LogP contribution in [0.2, 0.25) is 0 Å². The Labute approximate surface area is 142 Å². The topological polar surface area (TPSA) is 77.2 Å². The molecule has 3 heterocycles. The summed E-state index contributed by atoms with van der Waals surface area (Å²) in [6.07, 6.45) is 5.82. The monoisotopic (exact) mass is 340 g/mol. The molecule has 2 aliphatic heterocycles. The summed E-state index contributed by atoms with van der Waals surface area (Å²) in [5.74, 6) is 0.502. The highest BCUT2D eigenvalue weighted by molar-refractivity contribution is 5.92. The minimum atomic E-state index is -0.0276. The van der Waals surface area contributed by atoms with Crippen LogP contribution in [0.1, 0.15) is 36.2 Å². The number of carbonyl (C=O) groups excluding carboxylic acids is 2. The summed E-state index contributed by atoms with van der Waals surface area (Å²) in [6.45, 7) is 3.11. The van der Waals surface area contributed by atoms with Gasteiger partial charge < -0.3 is 20.5 Å². The molecule has 0 radical (unpaired) electrons. The predicted octanol–water partition coefficient (Wildman–Crippen LogP) is 1.16. The van der Waals surface area contributed by atoms with Crippen molar-refractivity contribution in [3.8, 4) is 0 Å². The SMILES string of the molecule is Cl.O=C(NCC1CCCN(C(=O)c2ccc[nH]2)C1)C1CCCN1. The summed E-state index contributed by atoms with van der Waals surface area (Å²) in [7, 11) is 0. The number of nitrogens with zero attached hydrogens (tertiary/aromatic N) is 1. The summed E-state index contributed by atoms with van der Waals surface area (Å²) in [4.78, 5) is 29.2. The lowest BCUT2D eigenvalue weighted by molar-refractivity contribution is -0.123. The second-order valence-corrected chi connectivity index (χ2v) is 6.24. The number of H-pyrrole nitrogens is 1. The summed E-state index contributed by atoms with van der Waals surface area (Å²) in [5, 5.41) is 6.25. The molecule has 0 bridgehead atoms. The van der Waals surface area contributed by atoms with Crippen molar-refractivity contribution in [2.75, 3.05) is 26.2 Å². The molecule has 2 fully saturated rings. The molecule has 0 saturated carbocycles. The molecule has 1 aromatic heterocycles. The van der Waals surface area contributed by atoms with E-state index >= 15 is 0 Å². The Bertz CT molecular complexity index is 514. The van der Waals surface area contributed by atoms with Crippen LogP contribution >= 0.6 is 12.4 Å². The zero-order chi connectivity index (χ0) is 15.4. The van der Waals surface area contributed by atoms with Gasteiger partial charge in [-0.2, -0.15) is 0 Å². The van der Waals surface area contributed by atoms with E-state index in [0.717, 1.165) is 45.3 Å². The van der Waals surface area contributed by atoms with E-state index in [9.17, 15) is 9.59 Å². The average molecular weight is 341 g/mol. The molecular formula is C16H25ClN4O2. The van der Waals surface area contributed by atoms with Crippen LogP contribution < -0.4 is 10.6 Å². The first-order chi connectivity index (χ1) is 10.7. The van der Waals surface area contributed by atoms with E-state index in [1.807, 2.05) is 11.0 Å². The zero-order valence-electron chi connectivity index (χ0n) is 13.2. The van der Waals surface area contributed by atoms with Gasteiger partial charge in [0.2, 0.25) is 5.91 Å². The summed E-state index contributed by atoms with van der Waals surface area (Å²) in [5.41, 5.74) is 0.639. The van der Waals surface area contributed by atoms with E-state index in [1.165, 1.54) is 0 Å². The molecular weight excluding hydrogens is 316 g/mol. The third-order valence-corrected chi connectivity index (χ3v) is 4.58. The van der Waals surface area contributed by atoms with Gasteiger partial charge in [-0.15, -0.1) is 12.4 Å². The second kappa shape index (κ2) is 8.36. The van der Waals surface area contributed by atoms with Crippen LogP contribution in [0, 0.1) is 5.92 Å². The number of aromatic nitrogens is 1. The summed E-state index contributed by atoms with van der Waals surface area (Å²) < 4.78 is 0. The summed E-state index contributed by atoms with van der Waals surface area (Å²) >= 11 is 0. The van der Waals surface area contributed by atoms with Crippen molar-refractivity contribution in [1.29, 1.82) is 0 Å². The maximum Gasteiger partial charge on any atom is 0.270 e. The Kier molecular flexibility index (Phi) is 6.47. The zero-order valence-corrected chi connectivity index (χ0v) is 14.0. The van der Waals surface area contributed by atoms with Crippen molar-refractivity contribution in [1.82, 2.24) is 20.5 Å². The fourth-order valence-corrected chi connectivity index (χ4v) is 3.33. The van der Waals surface area contributed by atoms with Gasteiger partial charge >= 0.3 is 0 Å². The van der Waals surface area contributed by atoms with Gasteiger partial charge in [-0.3, -0.25) is 9.59 Å². The summed E-state index contributed by atoms with van der Waals surface area (Å²) in [6, 6.07) is 3.61. The molecule has 2 saturated heterocycles. The molecule has 128 valence electrons. The number of rotatable bonds is 4. The molecule has 6 nitrogen and oxygen atoms in total. The third-order valence-electron chi connectivity index (χ3n) is 4.58. The van der Waals surface area contributed by atoms with Crippen molar-refractivity contribution >= 4 is 24.2 Å². The Hall–Kier alpha value is -1.53. The van der Waals surface area contributed by atoms with E-state index in [0.29, 0.717) is 18.2 Å². The van der Waals surface area contributed by atoms with Gasteiger partial charge in [-0.05, 0) is 50.3 Å². The molecule has 3 rings (SSSR count). The van der Waals surface area contributed by atoms with Crippen LogP contribution in [-0.2, 0) is 4.79 Å². The van der Waals surface area contributed by atoms with Crippen LogP contribution in [0.4, 0.5) is 0 Å². The number of piperidine rings is 1. The molecule has 0 aromatic carbocycles. The minimum absolute atomic E-state index is 0. The molecule has 0 aliphatic carbocycles. The maximum atomic E-state index is 12.4. The second-order valence-electron chi connectivity index (χ2n) is 6.24. The Morgan fingerprint density at radius 1 is 1.30 bits per heavy atom.